The van der Waals surface area contributed by atoms with Crippen LogP contribution in [0.3, 0.4) is 0 Å². The third-order valence-electron chi connectivity index (χ3n) is 3.62. The van der Waals surface area contributed by atoms with E-state index in [0.717, 1.165) is 18.1 Å². The average molecular weight is 261 g/mol. The first-order chi connectivity index (χ1) is 8.65. The number of hydrogen-bond acceptors (Lipinski definition) is 2. The quantitative estimate of drug-likeness (QED) is 0.617. The number of nitrogens with one attached hydrogen (secondary N) is 1. The zero-order chi connectivity index (χ0) is 13.0. The molecule has 1 aliphatic rings. The smallest absolute Gasteiger partial charge is 0.0378 e. The van der Waals surface area contributed by atoms with Crippen LogP contribution < -0.4 is 5.32 Å². The van der Waals surface area contributed by atoms with E-state index in [1.807, 2.05) is 17.8 Å². The van der Waals surface area contributed by atoms with Crippen LogP contribution in [0.15, 0.2) is 36.9 Å². The van der Waals surface area contributed by atoms with Gasteiger partial charge in [-0.15, -0.1) is 6.58 Å². The average Bonchev–Trinajstić information content (AvgIpc) is 2.60. The summed E-state index contributed by atoms with van der Waals surface area (Å²) in [5.74, 6) is 2.20. The van der Waals surface area contributed by atoms with Crippen molar-refractivity contribution in [2.24, 2.45) is 5.41 Å². The number of fused-ring (bicyclic) bond motifs is 1. The van der Waals surface area contributed by atoms with E-state index in [1.165, 1.54) is 17.5 Å². The molecule has 0 heterocycles. The van der Waals surface area contributed by atoms with Gasteiger partial charge < -0.3 is 5.32 Å². The second-order valence-corrected chi connectivity index (χ2v) is 6.76. The highest BCUT2D eigenvalue weighted by molar-refractivity contribution is 7.99. The molecule has 0 radical (unpaired) electrons. The Morgan fingerprint density at radius 3 is 3.00 bits per heavy atom. The molecule has 2 heteroatoms. The first-order valence-corrected chi connectivity index (χ1v) is 7.80. The number of rotatable bonds is 6. The van der Waals surface area contributed by atoms with E-state index in [9.17, 15) is 0 Å². The minimum atomic E-state index is 0.326. The van der Waals surface area contributed by atoms with Crippen molar-refractivity contribution in [1.29, 1.82) is 0 Å². The first kappa shape index (κ1) is 13.7. The van der Waals surface area contributed by atoms with Crippen LogP contribution in [0.25, 0.3) is 0 Å². The van der Waals surface area contributed by atoms with Crippen LogP contribution in [0.2, 0.25) is 0 Å². The summed E-state index contributed by atoms with van der Waals surface area (Å²) >= 11 is 1.94. The first-order valence-electron chi connectivity index (χ1n) is 6.65. The van der Waals surface area contributed by atoms with Crippen LogP contribution in [0, 0.1) is 5.41 Å². The van der Waals surface area contributed by atoms with Crippen LogP contribution >= 0.6 is 11.8 Å². The lowest BCUT2D eigenvalue weighted by Gasteiger charge is -2.28. The minimum Gasteiger partial charge on any atom is -0.309 e. The second kappa shape index (κ2) is 5.94. The predicted molar refractivity (Wildman–Crippen MR) is 82.2 cm³/mol. The molecule has 1 aromatic rings. The van der Waals surface area contributed by atoms with Gasteiger partial charge in [0.05, 0.1) is 0 Å². The summed E-state index contributed by atoms with van der Waals surface area (Å²) in [6.07, 6.45) is 3.15. The van der Waals surface area contributed by atoms with Crippen LogP contribution in [0.5, 0.6) is 0 Å². The van der Waals surface area contributed by atoms with Crippen molar-refractivity contribution < 1.29 is 0 Å². The van der Waals surface area contributed by atoms with Crippen LogP contribution in [0.4, 0.5) is 0 Å². The molecule has 0 saturated heterocycles. The van der Waals surface area contributed by atoms with Crippen molar-refractivity contribution in [3.05, 3.63) is 48.0 Å². The van der Waals surface area contributed by atoms with Gasteiger partial charge in [0, 0.05) is 24.1 Å². The maximum Gasteiger partial charge on any atom is 0.0378 e. The topological polar surface area (TPSA) is 12.0 Å². The lowest BCUT2D eigenvalue weighted by molar-refractivity contribution is 0.274. The molecule has 0 bridgehead atoms. The van der Waals surface area contributed by atoms with E-state index in [-0.39, 0.29) is 0 Å². The Morgan fingerprint density at radius 2 is 2.22 bits per heavy atom. The van der Waals surface area contributed by atoms with Gasteiger partial charge >= 0.3 is 0 Å². The van der Waals surface area contributed by atoms with Gasteiger partial charge in [0.2, 0.25) is 0 Å². The van der Waals surface area contributed by atoms with E-state index in [2.05, 4.69) is 50.0 Å². The van der Waals surface area contributed by atoms with E-state index < -0.39 is 0 Å². The molecule has 98 valence electrons. The van der Waals surface area contributed by atoms with Crippen molar-refractivity contribution in [2.45, 2.75) is 26.3 Å². The van der Waals surface area contributed by atoms with Crippen molar-refractivity contribution in [3.8, 4) is 0 Å². The van der Waals surface area contributed by atoms with Gasteiger partial charge in [-0.05, 0) is 23.0 Å². The predicted octanol–water partition coefficient (Wildman–Crippen LogP) is 3.82. The van der Waals surface area contributed by atoms with Gasteiger partial charge in [0.25, 0.3) is 0 Å². The molecule has 0 spiro atoms. The Labute approximate surface area is 115 Å². The normalized spacial score (nSPS) is 20.7. The number of thioether (sulfide) groups is 1. The van der Waals surface area contributed by atoms with E-state index in [0.29, 0.717) is 11.5 Å². The molecule has 1 N–H and O–H groups in total. The second-order valence-electron chi connectivity index (χ2n) is 5.61. The van der Waals surface area contributed by atoms with Gasteiger partial charge in [-0.1, -0.05) is 44.2 Å². The third kappa shape index (κ3) is 2.99. The van der Waals surface area contributed by atoms with Crippen LogP contribution in [-0.4, -0.2) is 18.1 Å². The lowest BCUT2D eigenvalue weighted by Crippen LogP contribution is -2.32. The Kier molecular flexibility index (Phi) is 4.52. The zero-order valence-electron chi connectivity index (χ0n) is 11.4. The Balaban J connectivity index is 1.96. The van der Waals surface area contributed by atoms with Gasteiger partial charge in [-0.2, -0.15) is 11.8 Å². The lowest BCUT2D eigenvalue weighted by atomic mass is 9.85. The van der Waals surface area contributed by atoms with Crippen LogP contribution in [-0.2, 0) is 6.42 Å². The molecule has 0 aromatic heterocycles. The van der Waals surface area contributed by atoms with Crippen molar-refractivity contribution in [3.63, 3.8) is 0 Å². The maximum atomic E-state index is 3.75. The van der Waals surface area contributed by atoms with Crippen LogP contribution in [0.1, 0.15) is 31.0 Å². The number of benzene rings is 1. The van der Waals surface area contributed by atoms with Gasteiger partial charge in [-0.25, -0.2) is 0 Å². The van der Waals surface area contributed by atoms with E-state index in [4.69, 9.17) is 0 Å². The fraction of sp³-hybridized carbons (Fsp3) is 0.500. The summed E-state index contributed by atoms with van der Waals surface area (Å²) in [5.41, 5.74) is 3.34. The Bertz CT molecular complexity index is 411. The van der Waals surface area contributed by atoms with Crippen molar-refractivity contribution >= 4 is 11.8 Å². The summed E-state index contributed by atoms with van der Waals surface area (Å²) < 4.78 is 0. The van der Waals surface area contributed by atoms with Gasteiger partial charge in [0.15, 0.2) is 0 Å². The minimum absolute atomic E-state index is 0.326. The van der Waals surface area contributed by atoms with Gasteiger partial charge in [0.1, 0.15) is 0 Å². The monoisotopic (exact) mass is 261 g/mol. The molecular formula is C16H23NS. The highest BCUT2D eigenvalue weighted by Gasteiger charge is 2.37. The van der Waals surface area contributed by atoms with E-state index >= 15 is 0 Å². The molecule has 0 amide bonds. The molecule has 0 saturated carbocycles. The van der Waals surface area contributed by atoms with Crippen molar-refractivity contribution in [1.82, 2.24) is 5.32 Å². The molecular weight excluding hydrogens is 238 g/mol. The van der Waals surface area contributed by atoms with Gasteiger partial charge in [-0.3, -0.25) is 0 Å². The number of hydrogen-bond donors (Lipinski definition) is 1. The molecule has 0 aliphatic heterocycles. The molecule has 1 atom stereocenters. The molecule has 18 heavy (non-hydrogen) atoms. The zero-order valence-corrected chi connectivity index (χ0v) is 12.2. The van der Waals surface area contributed by atoms with E-state index in [1.54, 1.807) is 0 Å². The highest BCUT2D eigenvalue weighted by Crippen LogP contribution is 2.44. The molecule has 0 fully saturated rings. The Morgan fingerprint density at radius 1 is 1.44 bits per heavy atom. The highest BCUT2D eigenvalue weighted by atomic mass is 32.2. The molecule has 1 aromatic carbocycles. The SMILES string of the molecule is C=CCSCCNC1c2ccccc2CC1(C)C. The third-order valence-corrected chi connectivity index (χ3v) is 4.59. The summed E-state index contributed by atoms with van der Waals surface area (Å²) in [6, 6.07) is 9.35. The molecule has 1 aliphatic carbocycles. The largest absolute Gasteiger partial charge is 0.309 e. The molecule has 1 nitrogen and oxygen atoms in total. The Hall–Kier alpha value is -0.730. The summed E-state index contributed by atoms with van der Waals surface area (Å²) in [5, 5.41) is 3.73. The summed E-state index contributed by atoms with van der Waals surface area (Å²) in [4.78, 5) is 0. The maximum absolute atomic E-state index is 3.75. The standard InChI is InChI=1S/C16H23NS/c1-4-10-18-11-9-17-15-14-8-6-5-7-13(14)12-16(15,2)3/h4-8,15,17H,1,9-12H2,2-3H3. The molecule has 2 rings (SSSR count). The summed E-state index contributed by atoms with van der Waals surface area (Å²) in [6.45, 7) is 9.54. The fourth-order valence-corrected chi connectivity index (χ4v) is 3.41. The molecule has 1 unspecified atom stereocenters. The fourth-order valence-electron chi connectivity index (χ4n) is 2.82. The van der Waals surface area contributed by atoms with Crippen molar-refractivity contribution in [2.75, 3.05) is 18.1 Å². The summed E-state index contributed by atoms with van der Waals surface area (Å²) in [7, 11) is 0.